The van der Waals surface area contributed by atoms with E-state index in [0.717, 1.165) is 30.1 Å². The van der Waals surface area contributed by atoms with Gasteiger partial charge in [0.1, 0.15) is 0 Å². The van der Waals surface area contributed by atoms with E-state index >= 15 is 0 Å². The molecule has 1 aliphatic rings. The standard InChI is InChI=1S/C10H18N4O2S2/c1-7-2-4-8(5-3-7)6-12-18(15,16)10-14-13-9(11)17-10/h7-8,12H,2-6H2,1H3,(H2,11,13). The van der Waals surface area contributed by atoms with E-state index in [1.165, 1.54) is 12.8 Å². The van der Waals surface area contributed by atoms with Crippen molar-refractivity contribution in [3.05, 3.63) is 0 Å². The van der Waals surface area contributed by atoms with E-state index in [-0.39, 0.29) is 9.47 Å². The predicted octanol–water partition coefficient (Wildman–Crippen LogP) is 1.22. The first-order valence-electron chi connectivity index (χ1n) is 6.06. The highest BCUT2D eigenvalue weighted by atomic mass is 32.2. The van der Waals surface area contributed by atoms with Gasteiger partial charge in [0.2, 0.25) is 9.47 Å². The van der Waals surface area contributed by atoms with E-state index in [2.05, 4.69) is 21.8 Å². The lowest BCUT2D eigenvalue weighted by Crippen LogP contribution is -2.31. The molecule has 0 atom stereocenters. The molecule has 2 rings (SSSR count). The lowest BCUT2D eigenvalue weighted by molar-refractivity contribution is 0.290. The van der Waals surface area contributed by atoms with Crippen molar-refractivity contribution in [2.75, 3.05) is 12.3 Å². The van der Waals surface area contributed by atoms with Crippen molar-refractivity contribution in [2.24, 2.45) is 11.8 Å². The second-order valence-corrected chi connectivity index (χ2v) is 7.83. The average molecular weight is 290 g/mol. The molecule has 1 fully saturated rings. The lowest BCUT2D eigenvalue weighted by atomic mass is 9.83. The first kappa shape index (κ1) is 13.7. The number of nitrogens with zero attached hydrogens (tertiary/aromatic N) is 2. The zero-order valence-corrected chi connectivity index (χ0v) is 11.9. The Morgan fingerprint density at radius 2 is 2.00 bits per heavy atom. The van der Waals surface area contributed by atoms with E-state index in [4.69, 9.17) is 5.73 Å². The van der Waals surface area contributed by atoms with Crippen LogP contribution in [0.5, 0.6) is 0 Å². The number of sulfonamides is 1. The minimum atomic E-state index is -3.54. The van der Waals surface area contributed by atoms with Crippen LogP contribution < -0.4 is 10.5 Å². The summed E-state index contributed by atoms with van der Waals surface area (Å²) in [4.78, 5) is 0. The molecule has 0 saturated heterocycles. The van der Waals surface area contributed by atoms with Crippen LogP contribution in [0.15, 0.2) is 4.34 Å². The van der Waals surface area contributed by atoms with Gasteiger partial charge in [0.05, 0.1) is 0 Å². The van der Waals surface area contributed by atoms with Crippen molar-refractivity contribution in [1.82, 2.24) is 14.9 Å². The molecule has 0 aliphatic heterocycles. The summed E-state index contributed by atoms with van der Waals surface area (Å²) in [5, 5.41) is 7.24. The van der Waals surface area contributed by atoms with Crippen molar-refractivity contribution >= 4 is 26.5 Å². The number of nitrogens with one attached hydrogen (secondary N) is 1. The van der Waals surface area contributed by atoms with E-state index in [0.29, 0.717) is 12.5 Å². The summed E-state index contributed by atoms with van der Waals surface area (Å²) in [6.07, 6.45) is 4.53. The van der Waals surface area contributed by atoms with Crippen molar-refractivity contribution < 1.29 is 8.42 Å². The molecule has 0 unspecified atom stereocenters. The normalized spacial score (nSPS) is 25.2. The molecular weight excluding hydrogens is 272 g/mol. The molecule has 3 N–H and O–H groups in total. The summed E-state index contributed by atoms with van der Waals surface area (Å²) in [6, 6.07) is 0. The summed E-state index contributed by atoms with van der Waals surface area (Å²) in [5.74, 6) is 1.20. The van der Waals surface area contributed by atoms with Crippen molar-refractivity contribution in [1.29, 1.82) is 0 Å². The average Bonchev–Trinajstić information content (AvgIpc) is 2.76. The van der Waals surface area contributed by atoms with Crippen LogP contribution in [-0.4, -0.2) is 25.2 Å². The van der Waals surface area contributed by atoms with E-state index in [1.54, 1.807) is 0 Å². The Kier molecular flexibility index (Phi) is 4.18. The number of nitrogens with two attached hydrogens (primary N) is 1. The van der Waals surface area contributed by atoms with Crippen LogP contribution in [0.3, 0.4) is 0 Å². The van der Waals surface area contributed by atoms with Crippen molar-refractivity contribution in [3.63, 3.8) is 0 Å². The zero-order chi connectivity index (χ0) is 13.2. The van der Waals surface area contributed by atoms with Gasteiger partial charge in [0, 0.05) is 6.54 Å². The summed E-state index contributed by atoms with van der Waals surface area (Å²) < 4.78 is 26.3. The Morgan fingerprint density at radius 3 is 2.56 bits per heavy atom. The maximum absolute atomic E-state index is 11.9. The van der Waals surface area contributed by atoms with Crippen LogP contribution in [0.4, 0.5) is 5.13 Å². The molecule has 0 bridgehead atoms. The molecule has 8 heteroatoms. The first-order chi connectivity index (χ1) is 8.47. The highest BCUT2D eigenvalue weighted by molar-refractivity contribution is 7.91. The highest BCUT2D eigenvalue weighted by Gasteiger charge is 2.23. The number of aromatic nitrogens is 2. The molecule has 1 aliphatic carbocycles. The summed E-state index contributed by atoms with van der Waals surface area (Å²) >= 11 is 0.887. The van der Waals surface area contributed by atoms with Gasteiger partial charge in [0.15, 0.2) is 0 Å². The molecule has 1 heterocycles. The van der Waals surface area contributed by atoms with Crippen LogP contribution in [0.25, 0.3) is 0 Å². The third-order valence-electron chi connectivity index (χ3n) is 3.35. The van der Waals surface area contributed by atoms with Gasteiger partial charge in [-0.2, -0.15) is 0 Å². The smallest absolute Gasteiger partial charge is 0.269 e. The van der Waals surface area contributed by atoms with E-state index in [1.807, 2.05) is 0 Å². The number of hydrogen-bond donors (Lipinski definition) is 2. The second-order valence-electron chi connectivity index (χ2n) is 4.88. The van der Waals surface area contributed by atoms with E-state index in [9.17, 15) is 8.42 Å². The highest BCUT2D eigenvalue weighted by Crippen LogP contribution is 2.28. The molecule has 6 nitrogen and oxygen atoms in total. The molecule has 0 spiro atoms. The fraction of sp³-hybridized carbons (Fsp3) is 0.800. The van der Waals surface area contributed by atoms with Gasteiger partial charge in [-0.05, 0) is 24.7 Å². The van der Waals surface area contributed by atoms with Crippen LogP contribution in [0.1, 0.15) is 32.6 Å². The quantitative estimate of drug-likeness (QED) is 0.869. The lowest BCUT2D eigenvalue weighted by Gasteiger charge is -2.25. The fourth-order valence-corrected chi connectivity index (χ4v) is 4.09. The Bertz CT molecular complexity index is 492. The molecule has 0 radical (unpaired) electrons. The van der Waals surface area contributed by atoms with Crippen LogP contribution in [0.2, 0.25) is 0 Å². The maximum Gasteiger partial charge on any atom is 0.269 e. The van der Waals surface area contributed by atoms with E-state index < -0.39 is 10.0 Å². The van der Waals surface area contributed by atoms with Crippen molar-refractivity contribution in [3.8, 4) is 0 Å². The molecule has 0 amide bonds. The Labute approximate surface area is 111 Å². The Balaban J connectivity index is 1.90. The topological polar surface area (TPSA) is 98.0 Å². The molecular formula is C10H18N4O2S2. The summed E-state index contributed by atoms with van der Waals surface area (Å²) in [7, 11) is -3.54. The fourth-order valence-electron chi connectivity index (χ4n) is 2.15. The van der Waals surface area contributed by atoms with Crippen LogP contribution >= 0.6 is 11.3 Å². The zero-order valence-electron chi connectivity index (χ0n) is 10.3. The summed E-state index contributed by atoms with van der Waals surface area (Å²) in [6.45, 7) is 2.72. The first-order valence-corrected chi connectivity index (χ1v) is 8.36. The number of anilines is 1. The molecule has 1 saturated carbocycles. The molecule has 0 aromatic carbocycles. The molecule has 1 aromatic heterocycles. The maximum atomic E-state index is 11.9. The molecule has 18 heavy (non-hydrogen) atoms. The number of rotatable bonds is 4. The van der Waals surface area contributed by atoms with Gasteiger partial charge in [-0.25, -0.2) is 13.1 Å². The second kappa shape index (κ2) is 5.50. The number of nitrogen functional groups attached to an aromatic ring is 1. The van der Waals surface area contributed by atoms with Gasteiger partial charge >= 0.3 is 0 Å². The van der Waals surface area contributed by atoms with Crippen LogP contribution in [0, 0.1) is 11.8 Å². The van der Waals surface area contributed by atoms with Gasteiger partial charge in [-0.3, -0.25) is 0 Å². The number of hydrogen-bond acceptors (Lipinski definition) is 6. The summed E-state index contributed by atoms with van der Waals surface area (Å²) in [5.41, 5.74) is 5.38. The monoisotopic (exact) mass is 290 g/mol. The third-order valence-corrected chi connectivity index (χ3v) is 5.89. The molecule has 102 valence electrons. The van der Waals surface area contributed by atoms with Gasteiger partial charge in [0.25, 0.3) is 10.0 Å². The largest absolute Gasteiger partial charge is 0.374 e. The van der Waals surface area contributed by atoms with Gasteiger partial charge in [-0.1, -0.05) is 31.1 Å². The minimum Gasteiger partial charge on any atom is -0.374 e. The van der Waals surface area contributed by atoms with Crippen LogP contribution in [-0.2, 0) is 10.0 Å². The Morgan fingerprint density at radius 1 is 1.33 bits per heavy atom. The van der Waals surface area contributed by atoms with Crippen molar-refractivity contribution in [2.45, 2.75) is 36.9 Å². The minimum absolute atomic E-state index is 0.0517. The van der Waals surface area contributed by atoms with Gasteiger partial charge in [-0.15, -0.1) is 10.2 Å². The van der Waals surface area contributed by atoms with Gasteiger partial charge < -0.3 is 5.73 Å². The SMILES string of the molecule is CC1CCC(CNS(=O)(=O)c2nnc(N)s2)CC1. The predicted molar refractivity (Wildman–Crippen MR) is 70.6 cm³/mol. The Hall–Kier alpha value is -0.730. The third kappa shape index (κ3) is 3.39. The molecule has 1 aromatic rings.